The van der Waals surface area contributed by atoms with Crippen LogP contribution in [0.4, 0.5) is 10.6 Å². The summed E-state index contributed by atoms with van der Waals surface area (Å²) in [6.45, 7) is 2.15. The number of nitrogens with one attached hydrogen (secondary N) is 3. The van der Waals surface area contributed by atoms with E-state index in [2.05, 4.69) is 33.0 Å². The van der Waals surface area contributed by atoms with Crippen molar-refractivity contribution in [3.63, 3.8) is 0 Å². The first kappa shape index (κ1) is 24.0. The number of carbonyl (C=O) groups excluding carboxylic acids is 2. The summed E-state index contributed by atoms with van der Waals surface area (Å²) in [6, 6.07) is 17.0. The number of nitrogens with zero attached hydrogens (tertiary/aromatic N) is 1. The molecule has 35 heavy (non-hydrogen) atoms. The first-order chi connectivity index (χ1) is 17.0. The molecule has 1 aliphatic carbocycles. The van der Waals surface area contributed by atoms with Gasteiger partial charge in [-0.05, 0) is 28.7 Å². The molecule has 0 radical (unpaired) electrons. The number of carbonyl (C=O) groups is 3. The van der Waals surface area contributed by atoms with Crippen LogP contribution in [0.5, 0.6) is 0 Å². The molecule has 4 N–H and O–H groups in total. The lowest BCUT2D eigenvalue weighted by Crippen LogP contribution is -2.36. The standard InChI is InChI=1S/C26H28N4O5/c1-2-3-8-16(13-24(31)32)27-25(33)22-14-23(30-29-22)28-26(34)35-15-21-19-11-6-4-9-17(19)18-10-5-7-12-20(18)21/h4-7,9-12,14,16,21H,2-3,8,13,15H2,1H3,(H,27,33)(H,31,32)(H2,28,29,30,34)/t16-/m1/s1. The summed E-state index contributed by atoms with van der Waals surface area (Å²) in [5.41, 5.74) is 4.62. The van der Waals surface area contributed by atoms with Gasteiger partial charge in [0, 0.05) is 18.0 Å². The number of benzene rings is 2. The van der Waals surface area contributed by atoms with Gasteiger partial charge in [-0.15, -0.1) is 0 Å². The van der Waals surface area contributed by atoms with Crippen LogP contribution < -0.4 is 10.6 Å². The number of carboxylic acid groups (broad SMARTS) is 1. The van der Waals surface area contributed by atoms with E-state index in [4.69, 9.17) is 9.84 Å². The van der Waals surface area contributed by atoms with Crippen LogP contribution in [0.15, 0.2) is 54.6 Å². The Bertz CT molecular complexity index is 1180. The Morgan fingerprint density at radius 3 is 2.37 bits per heavy atom. The van der Waals surface area contributed by atoms with E-state index in [0.717, 1.165) is 35.1 Å². The second kappa shape index (κ2) is 10.9. The van der Waals surface area contributed by atoms with Gasteiger partial charge in [-0.3, -0.25) is 20.0 Å². The number of hydrogen-bond donors (Lipinski definition) is 4. The first-order valence-corrected chi connectivity index (χ1v) is 11.7. The van der Waals surface area contributed by atoms with Crippen LogP contribution in [0.3, 0.4) is 0 Å². The molecule has 9 heteroatoms. The summed E-state index contributed by atoms with van der Waals surface area (Å²) in [5, 5.41) is 20.8. The van der Waals surface area contributed by atoms with Crippen molar-refractivity contribution in [3.05, 3.63) is 71.4 Å². The number of hydrogen-bond acceptors (Lipinski definition) is 5. The van der Waals surface area contributed by atoms with Crippen LogP contribution in [-0.4, -0.2) is 45.9 Å². The second-order valence-electron chi connectivity index (χ2n) is 8.53. The lowest BCUT2D eigenvalue weighted by Gasteiger charge is -2.15. The lowest BCUT2D eigenvalue weighted by atomic mass is 9.98. The van der Waals surface area contributed by atoms with Gasteiger partial charge in [0.15, 0.2) is 5.82 Å². The highest BCUT2D eigenvalue weighted by molar-refractivity contribution is 5.94. The highest BCUT2D eigenvalue weighted by Crippen LogP contribution is 2.44. The Morgan fingerprint density at radius 2 is 1.74 bits per heavy atom. The smallest absolute Gasteiger partial charge is 0.412 e. The van der Waals surface area contributed by atoms with Crippen LogP contribution in [-0.2, 0) is 9.53 Å². The molecule has 1 atom stereocenters. The third kappa shape index (κ3) is 5.68. The highest BCUT2D eigenvalue weighted by Gasteiger charge is 2.29. The van der Waals surface area contributed by atoms with Crippen LogP contribution in [0.2, 0.25) is 0 Å². The Morgan fingerprint density at radius 1 is 1.09 bits per heavy atom. The molecule has 4 rings (SSSR count). The minimum atomic E-state index is -0.978. The van der Waals surface area contributed by atoms with Gasteiger partial charge in [-0.2, -0.15) is 5.10 Å². The van der Waals surface area contributed by atoms with Gasteiger partial charge in [0.1, 0.15) is 12.3 Å². The quantitative estimate of drug-likeness (QED) is 0.340. The zero-order chi connectivity index (χ0) is 24.8. The SMILES string of the molecule is CCCC[C@H](CC(=O)O)NC(=O)c1cc(NC(=O)OCC2c3ccccc3-c3ccccc32)n[nH]1. The maximum atomic E-state index is 12.5. The van der Waals surface area contributed by atoms with E-state index in [0.29, 0.717) is 6.42 Å². The molecular weight excluding hydrogens is 448 g/mol. The van der Waals surface area contributed by atoms with Crippen LogP contribution in [0, 0.1) is 0 Å². The molecule has 9 nitrogen and oxygen atoms in total. The summed E-state index contributed by atoms with van der Waals surface area (Å²) in [4.78, 5) is 36.0. The first-order valence-electron chi connectivity index (χ1n) is 11.7. The fraction of sp³-hybridized carbons (Fsp3) is 0.308. The van der Waals surface area contributed by atoms with Crippen molar-refractivity contribution in [1.82, 2.24) is 15.5 Å². The summed E-state index contributed by atoms with van der Waals surface area (Å²) in [6.07, 6.45) is 1.41. The number of anilines is 1. The van der Waals surface area contributed by atoms with Gasteiger partial charge < -0.3 is 15.2 Å². The number of ether oxygens (including phenoxy) is 1. The second-order valence-corrected chi connectivity index (χ2v) is 8.53. The lowest BCUT2D eigenvalue weighted by molar-refractivity contribution is -0.137. The summed E-state index contributed by atoms with van der Waals surface area (Å²) < 4.78 is 5.50. The van der Waals surface area contributed by atoms with E-state index in [1.165, 1.54) is 6.07 Å². The molecule has 1 aliphatic rings. The van der Waals surface area contributed by atoms with Crippen LogP contribution >= 0.6 is 0 Å². The number of H-pyrrole nitrogens is 1. The van der Waals surface area contributed by atoms with Gasteiger partial charge in [0.2, 0.25) is 0 Å². The van der Waals surface area contributed by atoms with E-state index >= 15 is 0 Å². The maximum absolute atomic E-state index is 12.5. The van der Waals surface area contributed by atoms with E-state index in [-0.39, 0.29) is 30.5 Å². The zero-order valence-electron chi connectivity index (χ0n) is 19.4. The number of aromatic amines is 1. The maximum Gasteiger partial charge on any atom is 0.412 e. The van der Waals surface area contributed by atoms with Gasteiger partial charge in [0.25, 0.3) is 5.91 Å². The third-order valence-electron chi connectivity index (χ3n) is 6.06. The fourth-order valence-electron chi connectivity index (χ4n) is 4.39. The predicted molar refractivity (Wildman–Crippen MR) is 130 cm³/mol. The molecule has 0 fully saturated rings. The average molecular weight is 477 g/mol. The number of rotatable bonds is 10. The number of amides is 2. The summed E-state index contributed by atoms with van der Waals surface area (Å²) in [7, 11) is 0. The van der Waals surface area contributed by atoms with Crippen molar-refractivity contribution < 1.29 is 24.2 Å². The number of aromatic nitrogens is 2. The molecule has 1 heterocycles. The Kier molecular flexibility index (Phi) is 7.45. The molecule has 0 saturated carbocycles. The molecule has 2 amide bonds. The van der Waals surface area contributed by atoms with Crippen LogP contribution in [0.1, 0.15) is 60.1 Å². The molecule has 182 valence electrons. The largest absolute Gasteiger partial charge is 0.481 e. The topological polar surface area (TPSA) is 133 Å². The number of unbranched alkanes of at least 4 members (excludes halogenated alkanes) is 1. The van der Waals surface area contributed by atoms with E-state index in [9.17, 15) is 14.4 Å². The third-order valence-corrected chi connectivity index (χ3v) is 6.06. The summed E-state index contributed by atoms with van der Waals surface area (Å²) in [5.74, 6) is -1.40. The van der Waals surface area contributed by atoms with E-state index in [1.807, 2.05) is 43.3 Å². The van der Waals surface area contributed by atoms with Gasteiger partial charge in [0.05, 0.1) is 6.42 Å². The van der Waals surface area contributed by atoms with Gasteiger partial charge >= 0.3 is 12.1 Å². The van der Waals surface area contributed by atoms with E-state index < -0.39 is 24.0 Å². The van der Waals surface area contributed by atoms with Gasteiger partial charge in [-0.25, -0.2) is 4.79 Å². The molecule has 0 unspecified atom stereocenters. The van der Waals surface area contributed by atoms with Crippen molar-refractivity contribution >= 4 is 23.8 Å². The molecule has 0 spiro atoms. The molecule has 3 aromatic rings. The van der Waals surface area contributed by atoms with Crippen molar-refractivity contribution in [1.29, 1.82) is 0 Å². The van der Waals surface area contributed by atoms with Gasteiger partial charge in [-0.1, -0.05) is 68.3 Å². The van der Waals surface area contributed by atoms with Crippen molar-refractivity contribution in [3.8, 4) is 11.1 Å². The number of fused-ring (bicyclic) bond motifs is 3. The highest BCUT2D eigenvalue weighted by atomic mass is 16.5. The minimum absolute atomic E-state index is 0.0667. The molecule has 0 bridgehead atoms. The number of aliphatic carboxylic acids is 1. The zero-order valence-corrected chi connectivity index (χ0v) is 19.4. The minimum Gasteiger partial charge on any atom is -0.481 e. The predicted octanol–water partition coefficient (Wildman–Crippen LogP) is 4.53. The average Bonchev–Trinajstić information content (AvgIpc) is 3.43. The molecule has 2 aromatic carbocycles. The van der Waals surface area contributed by atoms with E-state index in [1.54, 1.807) is 0 Å². The Labute approximate surface area is 202 Å². The molecule has 0 aliphatic heterocycles. The summed E-state index contributed by atoms with van der Waals surface area (Å²) >= 11 is 0. The molecule has 1 aromatic heterocycles. The Hall–Kier alpha value is -4.14. The normalized spacial score (nSPS) is 12.9. The fourth-order valence-corrected chi connectivity index (χ4v) is 4.39. The Balaban J connectivity index is 1.34. The molecular formula is C26H28N4O5. The monoisotopic (exact) mass is 476 g/mol. The van der Waals surface area contributed by atoms with Crippen LogP contribution in [0.25, 0.3) is 11.1 Å². The number of carboxylic acids is 1. The van der Waals surface area contributed by atoms with Crippen molar-refractivity contribution in [2.24, 2.45) is 0 Å². The van der Waals surface area contributed by atoms with Crippen molar-refractivity contribution in [2.45, 2.75) is 44.6 Å². The van der Waals surface area contributed by atoms with Crippen molar-refractivity contribution in [2.75, 3.05) is 11.9 Å². The molecule has 0 saturated heterocycles.